The molecule has 4 nitrogen and oxygen atoms in total. The maximum atomic E-state index is 5.58. The molecule has 2 aliphatic rings. The van der Waals surface area contributed by atoms with Gasteiger partial charge in [0.15, 0.2) is 0 Å². The number of morpholine rings is 1. The summed E-state index contributed by atoms with van der Waals surface area (Å²) in [6.07, 6.45) is 5.62. The van der Waals surface area contributed by atoms with Crippen LogP contribution in [0.25, 0.3) is 0 Å². The van der Waals surface area contributed by atoms with E-state index in [0.717, 1.165) is 32.1 Å². The molecular formula is C14H23ClN2O2. The Labute approximate surface area is 120 Å². The van der Waals surface area contributed by atoms with Gasteiger partial charge >= 0.3 is 0 Å². The van der Waals surface area contributed by atoms with Crippen molar-refractivity contribution in [1.29, 1.82) is 0 Å². The molecule has 1 aromatic rings. The first kappa shape index (κ1) is 14.9. The molecule has 0 radical (unpaired) electrons. The SMILES string of the molecule is Cl.c1coc(CNC2CCCC2C2COCCN2)c1. The second-order valence-electron chi connectivity index (χ2n) is 5.30. The maximum Gasteiger partial charge on any atom is 0.117 e. The van der Waals surface area contributed by atoms with Gasteiger partial charge in [0.1, 0.15) is 5.76 Å². The van der Waals surface area contributed by atoms with Crippen LogP contribution in [0.3, 0.4) is 0 Å². The average molecular weight is 287 g/mol. The third kappa shape index (κ3) is 3.72. The van der Waals surface area contributed by atoms with Gasteiger partial charge in [0, 0.05) is 18.6 Å². The molecule has 0 aromatic carbocycles. The zero-order valence-electron chi connectivity index (χ0n) is 11.1. The summed E-state index contributed by atoms with van der Waals surface area (Å²) in [7, 11) is 0. The largest absolute Gasteiger partial charge is 0.468 e. The van der Waals surface area contributed by atoms with Gasteiger partial charge in [0.2, 0.25) is 0 Å². The lowest BCUT2D eigenvalue weighted by Crippen LogP contribution is -2.50. The number of halogens is 1. The average Bonchev–Trinajstić information content (AvgIpc) is 3.09. The van der Waals surface area contributed by atoms with Crippen molar-refractivity contribution < 1.29 is 9.15 Å². The van der Waals surface area contributed by atoms with Crippen LogP contribution in [0.2, 0.25) is 0 Å². The molecule has 0 amide bonds. The molecule has 2 fully saturated rings. The molecule has 0 spiro atoms. The monoisotopic (exact) mass is 286 g/mol. The normalized spacial score (nSPS) is 31.1. The van der Waals surface area contributed by atoms with Crippen LogP contribution in [0, 0.1) is 5.92 Å². The second-order valence-corrected chi connectivity index (χ2v) is 5.30. The molecule has 1 saturated carbocycles. The summed E-state index contributed by atoms with van der Waals surface area (Å²) in [5.74, 6) is 1.72. The summed E-state index contributed by atoms with van der Waals surface area (Å²) >= 11 is 0. The van der Waals surface area contributed by atoms with Crippen molar-refractivity contribution in [3.63, 3.8) is 0 Å². The van der Waals surface area contributed by atoms with Crippen molar-refractivity contribution in [2.75, 3.05) is 19.8 Å². The number of nitrogens with one attached hydrogen (secondary N) is 2. The molecule has 3 rings (SSSR count). The number of hydrogen-bond donors (Lipinski definition) is 2. The summed E-state index contributed by atoms with van der Waals surface area (Å²) in [5.41, 5.74) is 0. The molecule has 108 valence electrons. The molecular weight excluding hydrogens is 264 g/mol. The Morgan fingerprint density at radius 3 is 3.05 bits per heavy atom. The van der Waals surface area contributed by atoms with Gasteiger partial charge in [-0.05, 0) is 30.9 Å². The van der Waals surface area contributed by atoms with Gasteiger partial charge in [-0.25, -0.2) is 0 Å². The molecule has 5 heteroatoms. The first-order valence-corrected chi connectivity index (χ1v) is 7.00. The number of furan rings is 1. The topological polar surface area (TPSA) is 46.4 Å². The summed E-state index contributed by atoms with van der Waals surface area (Å²) in [6.45, 7) is 3.55. The lowest BCUT2D eigenvalue weighted by atomic mass is 9.94. The predicted octanol–water partition coefficient (Wildman–Crippen LogP) is 1.95. The van der Waals surface area contributed by atoms with Crippen LogP contribution < -0.4 is 10.6 Å². The third-order valence-electron chi connectivity index (χ3n) is 4.16. The summed E-state index contributed by atoms with van der Waals surface area (Å²) in [4.78, 5) is 0. The highest BCUT2D eigenvalue weighted by atomic mass is 35.5. The summed E-state index contributed by atoms with van der Waals surface area (Å²) in [5, 5.41) is 7.24. The van der Waals surface area contributed by atoms with Gasteiger partial charge in [-0.1, -0.05) is 6.42 Å². The van der Waals surface area contributed by atoms with Crippen LogP contribution in [0.5, 0.6) is 0 Å². The van der Waals surface area contributed by atoms with Crippen LogP contribution in [0.1, 0.15) is 25.0 Å². The molecule has 2 heterocycles. The molecule has 3 atom stereocenters. The zero-order chi connectivity index (χ0) is 12.2. The first-order valence-electron chi connectivity index (χ1n) is 7.00. The van der Waals surface area contributed by atoms with Crippen molar-refractivity contribution >= 4 is 12.4 Å². The maximum absolute atomic E-state index is 5.58. The minimum Gasteiger partial charge on any atom is -0.468 e. The van der Waals surface area contributed by atoms with Gasteiger partial charge in [-0.3, -0.25) is 0 Å². The standard InChI is InChI=1S/C14H22N2O2.ClH/c1-4-12(14-10-17-8-6-15-14)13(5-1)16-9-11-3-2-7-18-11;/h2-3,7,12-16H,1,4-6,8-10H2;1H. The smallest absolute Gasteiger partial charge is 0.117 e. The fraction of sp³-hybridized carbons (Fsp3) is 0.714. The van der Waals surface area contributed by atoms with Gasteiger partial charge in [0.05, 0.1) is 26.0 Å². The van der Waals surface area contributed by atoms with E-state index in [-0.39, 0.29) is 12.4 Å². The third-order valence-corrected chi connectivity index (χ3v) is 4.16. The van der Waals surface area contributed by atoms with Crippen molar-refractivity contribution in [3.8, 4) is 0 Å². The second kappa shape index (κ2) is 7.29. The molecule has 1 aromatic heterocycles. The Morgan fingerprint density at radius 2 is 2.32 bits per heavy atom. The van der Waals surface area contributed by atoms with E-state index in [4.69, 9.17) is 9.15 Å². The molecule has 0 bridgehead atoms. The number of hydrogen-bond acceptors (Lipinski definition) is 4. The zero-order valence-corrected chi connectivity index (χ0v) is 12.0. The van der Waals surface area contributed by atoms with Gasteiger partial charge < -0.3 is 19.8 Å². The molecule has 2 N–H and O–H groups in total. The van der Waals surface area contributed by atoms with E-state index in [1.54, 1.807) is 6.26 Å². The summed E-state index contributed by atoms with van der Waals surface area (Å²) in [6, 6.07) is 5.09. The van der Waals surface area contributed by atoms with E-state index in [9.17, 15) is 0 Å². The van der Waals surface area contributed by atoms with E-state index < -0.39 is 0 Å². The lowest BCUT2D eigenvalue weighted by Gasteiger charge is -2.32. The van der Waals surface area contributed by atoms with E-state index in [1.165, 1.54) is 19.3 Å². The molecule has 1 saturated heterocycles. The quantitative estimate of drug-likeness (QED) is 0.888. The summed E-state index contributed by atoms with van der Waals surface area (Å²) < 4.78 is 11.0. The number of rotatable bonds is 4. The molecule has 3 unspecified atom stereocenters. The van der Waals surface area contributed by atoms with Crippen molar-refractivity contribution in [2.45, 2.75) is 37.9 Å². The van der Waals surface area contributed by atoms with Crippen LogP contribution >= 0.6 is 12.4 Å². The van der Waals surface area contributed by atoms with E-state index in [2.05, 4.69) is 10.6 Å². The first-order chi connectivity index (χ1) is 8.93. The van der Waals surface area contributed by atoms with Gasteiger partial charge in [-0.2, -0.15) is 0 Å². The Hall–Kier alpha value is -0.550. The minimum absolute atomic E-state index is 0. The van der Waals surface area contributed by atoms with Crippen LogP contribution in [0.15, 0.2) is 22.8 Å². The highest BCUT2D eigenvalue weighted by Crippen LogP contribution is 2.29. The lowest BCUT2D eigenvalue weighted by molar-refractivity contribution is 0.0523. The van der Waals surface area contributed by atoms with Gasteiger partial charge in [-0.15, -0.1) is 12.4 Å². The van der Waals surface area contributed by atoms with Crippen molar-refractivity contribution in [3.05, 3.63) is 24.2 Å². The Kier molecular flexibility index (Phi) is 5.70. The molecule has 19 heavy (non-hydrogen) atoms. The van der Waals surface area contributed by atoms with Crippen molar-refractivity contribution in [2.24, 2.45) is 5.92 Å². The minimum atomic E-state index is 0. The molecule has 1 aliphatic heterocycles. The van der Waals surface area contributed by atoms with Crippen LogP contribution in [-0.2, 0) is 11.3 Å². The fourth-order valence-electron chi connectivity index (χ4n) is 3.23. The Bertz CT molecular complexity index is 352. The number of ether oxygens (including phenoxy) is 1. The Morgan fingerprint density at radius 1 is 1.37 bits per heavy atom. The van der Waals surface area contributed by atoms with E-state index in [1.807, 2.05) is 12.1 Å². The fourth-order valence-corrected chi connectivity index (χ4v) is 3.23. The molecule has 1 aliphatic carbocycles. The van der Waals surface area contributed by atoms with Crippen molar-refractivity contribution in [1.82, 2.24) is 10.6 Å². The van der Waals surface area contributed by atoms with Gasteiger partial charge in [0.25, 0.3) is 0 Å². The van der Waals surface area contributed by atoms with Crippen LogP contribution in [0.4, 0.5) is 0 Å². The highest BCUT2D eigenvalue weighted by molar-refractivity contribution is 5.85. The van der Waals surface area contributed by atoms with Crippen LogP contribution in [-0.4, -0.2) is 31.8 Å². The predicted molar refractivity (Wildman–Crippen MR) is 76.5 cm³/mol. The van der Waals surface area contributed by atoms with E-state index in [0.29, 0.717) is 18.0 Å². The Balaban J connectivity index is 0.00000133. The highest BCUT2D eigenvalue weighted by Gasteiger charge is 2.34. The van der Waals surface area contributed by atoms with E-state index >= 15 is 0 Å².